The SMILES string of the molecule is C[C@H](C1CC1)N1Cc2cc(Cl)nc(Cl)c2C1=O. The maximum Gasteiger partial charge on any atom is 0.257 e. The molecule has 1 aliphatic carbocycles. The van der Waals surface area contributed by atoms with E-state index in [9.17, 15) is 4.79 Å². The van der Waals surface area contributed by atoms with Gasteiger partial charge in [-0.25, -0.2) is 4.98 Å². The number of rotatable bonds is 2. The highest BCUT2D eigenvalue weighted by Gasteiger charge is 2.39. The number of hydrogen-bond acceptors (Lipinski definition) is 2. The van der Waals surface area contributed by atoms with Crippen molar-refractivity contribution < 1.29 is 4.79 Å². The Hall–Kier alpha value is -0.800. The van der Waals surface area contributed by atoms with E-state index in [1.807, 2.05) is 4.90 Å². The normalized spacial score (nSPS) is 20.6. The lowest BCUT2D eigenvalue weighted by Gasteiger charge is -2.23. The molecule has 1 aromatic heterocycles. The van der Waals surface area contributed by atoms with E-state index in [0.717, 1.165) is 5.56 Å². The lowest BCUT2D eigenvalue weighted by atomic mass is 10.2. The molecule has 3 nitrogen and oxygen atoms in total. The van der Waals surface area contributed by atoms with Crippen molar-refractivity contribution in [3.05, 3.63) is 27.5 Å². The molecule has 0 aromatic carbocycles. The Kier molecular flexibility index (Phi) is 2.56. The van der Waals surface area contributed by atoms with E-state index in [2.05, 4.69) is 11.9 Å². The van der Waals surface area contributed by atoms with E-state index in [0.29, 0.717) is 23.2 Å². The van der Waals surface area contributed by atoms with Gasteiger partial charge in [0.25, 0.3) is 5.91 Å². The predicted octanol–water partition coefficient (Wildman–Crippen LogP) is 3.14. The maximum absolute atomic E-state index is 12.3. The van der Waals surface area contributed by atoms with Crippen LogP contribution in [0.4, 0.5) is 0 Å². The van der Waals surface area contributed by atoms with Gasteiger partial charge in [0.15, 0.2) is 0 Å². The molecule has 0 bridgehead atoms. The Morgan fingerprint density at radius 2 is 2.18 bits per heavy atom. The molecule has 0 radical (unpaired) electrons. The van der Waals surface area contributed by atoms with Gasteiger partial charge in [-0.05, 0) is 37.3 Å². The molecule has 0 unspecified atom stereocenters. The molecule has 0 N–H and O–H groups in total. The molecule has 0 spiro atoms. The first-order valence-electron chi connectivity index (χ1n) is 5.74. The Labute approximate surface area is 110 Å². The predicted molar refractivity (Wildman–Crippen MR) is 66.3 cm³/mol. The first kappa shape index (κ1) is 11.3. The smallest absolute Gasteiger partial charge is 0.257 e. The molecule has 17 heavy (non-hydrogen) atoms. The monoisotopic (exact) mass is 270 g/mol. The minimum Gasteiger partial charge on any atom is -0.331 e. The van der Waals surface area contributed by atoms with Gasteiger partial charge in [-0.2, -0.15) is 0 Å². The Morgan fingerprint density at radius 3 is 2.82 bits per heavy atom. The lowest BCUT2D eigenvalue weighted by molar-refractivity contribution is 0.0697. The molecule has 1 aromatic rings. The number of carbonyl (C=O) groups excluding carboxylic acids is 1. The number of fused-ring (bicyclic) bond motifs is 1. The summed E-state index contributed by atoms with van der Waals surface area (Å²) in [5.74, 6) is 0.643. The van der Waals surface area contributed by atoms with Crippen LogP contribution in [-0.4, -0.2) is 21.8 Å². The summed E-state index contributed by atoms with van der Waals surface area (Å²) in [6.07, 6.45) is 2.43. The van der Waals surface area contributed by atoms with Gasteiger partial charge < -0.3 is 4.90 Å². The van der Waals surface area contributed by atoms with Crippen LogP contribution >= 0.6 is 23.2 Å². The fourth-order valence-electron chi connectivity index (χ4n) is 2.44. The molecule has 90 valence electrons. The highest BCUT2D eigenvalue weighted by molar-refractivity contribution is 6.35. The summed E-state index contributed by atoms with van der Waals surface area (Å²) in [4.78, 5) is 18.1. The summed E-state index contributed by atoms with van der Waals surface area (Å²) in [7, 11) is 0. The number of hydrogen-bond donors (Lipinski definition) is 0. The molecule has 5 heteroatoms. The Balaban J connectivity index is 1.96. The summed E-state index contributed by atoms with van der Waals surface area (Å²) in [5, 5.41) is 0.575. The second kappa shape index (κ2) is 3.85. The second-order valence-corrected chi connectivity index (χ2v) is 5.53. The molecule has 1 aliphatic heterocycles. The van der Waals surface area contributed by atoms with Crippen LogP contribution in [0.15, 0.2) is 6.07 Å². The van der Waals surface area contributed by atoms with Crippen LogP contribution in [-0.2, 0) is 6.54 Å². The quantitative estimate of drug-likeness (QED) is 0.774. The number of halogens is 2. The van der Waals surface area contributed by atoms with Crippen molar-refractivity contribution in [2.75, 3.05) is 0 Å². The summed E-state index contributed by atoms with van der Waals surface area (Å²) < 4.78 is 0. The average molecular weight is 271 g/mol. The van der Waals surface area contributed by atoms with Crippen molar-refractivity contribution in [2.24, 2.45) is 5.92 Å². The first-order chi connectivity index (χ1) is 8.08. The molecule has 1 fully saturated rings. The molecule has 1 amide bonds. The van der Waals surface area contributed by atoms with Crippen molar-refractivity contribution in [3.63, 3.8) is 0 Å². The van der Waals surface area contributed by atoms with E-state index in [4.69, 9.17) is 23.2 Å². The van der Waals surface area contributed by atoms with E-state index in [-0.39, 0.29) is 17.1 Å². The van der Waals surface area contributed by atoms with Crippen LogP contribution in [0.5, 0.6) is 0 Å². The topological polar surface area (TPSA) is 33.2 Å². The van der Waals surface area contributed by atoms with Gasteiger partial charge in [0, 0.05) is 12.6 Å². The van der Waals surface area contributed by atoms with E-state index >= 15 is 0 Å². The van der Waals surface area contributed by atoms with Crippen LogP contribution in [0.2, 0.25) is 10.3 Å². The van der Waals surface area contributed by atoms with Gasteiger partial charge >= 0.3 is 0 Å². The molecule has 2 aliphatic rings. The zero-order valence-corrected chi connectivity index (χ0v) is 10.9. The third-order valence-electron chi connectivity index (χ3n) is 3.64. The Bertz CT molecular complexity index is 500. The number of nitrogens with zero attached hydrogens (tertiary/aromatic N) is 2. The highest BCUT2D eigenvalue weighted by Crippen LogP contribution is 2.39. The van der Waals surface area contributed by atoms with Crippen molar-refractivity contribution in [3.8, 4) is 0 Å². The van der Waals surface area contributed by atoms with Gasteiger partial charge in [-0.15, -0.1) is 0 Å². The molecule has 2 heterocycles. The zero-order chi connectivity index (χ0) is 12.2. The van der Waals surface area contributed by atoms with Crippen LogP contribution in [0.25, 0.3) is 0 Å². The third-order valence-corrected chi connectivity index (χ3v) is 4.10. The first-order valence-corrected chi connectivity index (χ1v) is 6.49. The Morgan fingerprint density at radius 1 is 1.47 bits per heavy atom. The standard InChI is InChI=1S/C12H12Cl2N2O/c1-6(7-2-3-7)16-5-8-4-9(13)15-11(14)10(8)12(16)17/h4,6-7H,2-3,5H2,1H3/t6-/m1/s1. The van der Waals surface area contributed by atoms with Gasteiger partial charge in [0.2, 0.25) is 0 Å². The van der Waals surface area contributed by atoms with Crippen LogP contribution in [0.3, 0.4) is 0 Å². The molecular formula is C12H12Cl2N2O. The number of amides is 1. The van der Waals surface area contributed by atoms with Crippen LogP contribution in [0.1, 0.15) is 35.7 Å². The second-order valence-electron chi connectivity index (χ2n) is 4.78. The van der Waals surface area contributed by atoms with Gasteiger partial charge in [0.05, 0.1) is 5.56 Å². The average Bonchev–Trinajstić information content (AvgIpc) is 3.03. The highest BCUT2D eigenvalue weighted by atomic mass is 35.5. The molecule has 1 atom stereocenters. The summed E-state index contributed by atoms with van der Waals surface area (Å²) >= 11 is 11.8. The van der Waals surface area contributed by atoms with Gasteiger partial charge in [0.1, 0.15) is 10.3 Å². The molecule has 1 saturated carbocycles. The number of pyridine rings is 1. The van der Waals surface area contributed by atoms with Crippen molar-refractivity contribution >= 4 is 29.1 Å². The maximum atomic E-state index is 12.3. The molecule has 3 rings (SSSR count). The number of aromatic nitrogens is 1. The minimum absolute atomic E-state index is 0.00596. The van der Waals surface area contributed by atoms with Crippen molar-refractivity contribution in [2.45, 2.75) is 32.4 Å². The largest absolute Gasteiger partial charge is 0.331 e. The van der Waals surface area contributed by atoms with Crippen molar-refractivity contribution in [1.82, 2.24) is 9.88 Å². The fourth-order valence-corrected chi connectivity index (χ4v) is 2.99. The zero-order valence-electron chi connectivity index (χ0n) is 9.41. The lowest BCUT2D eigenvalue weighted by Crippen LogP contribution is -2.34. The fraction of sp³-hybridized carbons (Fsp3) is 0.500. The number of carbonyl (C=O) groups is 1. The summed E-state index contributed by atoms with van der Waals surface area (Å²) in [5.41, 5.74) is 1.43. The summed E-state index contributed by atoms with van der Waals surface area (Å²) in [6, 6.07) is 2.02. The molecule has 0 saturated heterocycles. The molecular weight excluding hydrogens is 259 g/mol. The third kappa shape index (κ3) is 1.81. The van der Waals surface area contributed by atoms with Crippen LogP contribution in [0, 0.1) is 5.92 Å². The van der Waals surface area contributed by atoms with E-state index in [1.165, 1.54) is 12.8 Å². The van der Waals surface area contributed by atoms with Gasteiger partial charge in [-0.3, -0.25) is 4.79 Å². The van der Waals surface area contributed by atoms with E-state index < -0.39 is 0 Å². The van der Waals surface area contributed by atoms with Crippen molar-refractivity contribution in [1.29, 1.82) is 0 Å². The summed E-state index contributed by atoms with van der Waals surface area (Å²) in [6.45, 7) is 2.71. The van der Waals surface area contributed by atoms with E-state index in [1.54, 1.807) is 6.07 Å². The van der Waals surface area contributed by atoms with Gasteiger partial charge in [-0.1, -0.05) is 23.2 Å². The van der Waals surface area contributed by atoms with Crippen LogP contribution < -0.4 is 0 Å². The minimum atomic E-state index is -0.00596.